The summed E-state index contributed by atoms with van der Waals surface area (Å²) in [5.74, 6) is -0.692. The number of ether oxygens (including phenoxy) is 1. The van der Waals surface area contributed by atoms with Crippen LogP contribution < -0.4 is 15.8 Å². The first kappa shape index (κ1) is 15.4. The molecule has 5 heteroatoms. The molecular weight excluding hydrogens is 247 g/mol. The van der Waals surface area contributed by atoms with Crippen LogP contribution in [0.25, 0.3) is 0 Å². The number of para-hydroxylation sites is 1. The largest absolute Gasteiger partial charge is 0.480 e. The third-order valence-electron chi connectivity index (χ3n) is 2.97. The molecule has 19 heavy (non-hydrogen) atoms. The van der Waals surface area contributed by atoms with Crippen LogP contribution in [0.15, 0.2) is 18.2 Å². The molecule has 1 amide bonds. The standard InChI is InChI=1S/C14H21FN2O2/c1-3-11(4-2)17-13(18)9-19-14-10(8-16)6-5-7-12(14)15/h5-7,11H,3-4,8-9,16H2,1-2H3,(H,17,18). The van der Waals surface area contributed by atoms with E-state index in [0.717, 1.165) is 12.8 Å². The predicted octanol–water partition coefficient (Wildman–Crippen LogP) is 1.97. The van der Waals surface area contributed by atoms with Gasteiger partial charge in [0.15, 0.2) is 18.2 Å². The normalized spacial score (nSPS) is 10.6. The highest BCUT2D eigenvalue weighted by atomic mass is 19.1. The quantitative estimate of drug-likeness (QED) is 0.794. The number of hydrogen-bond acceptors (Lipinski definition) is 3. The summed E-state index contributed by atoms with van der Waals surface area (Å²) < 4.78 is 18.8. The van der Waals surface area contributed by atoms with Crippen LogP contribution in [0.2, 0.25) is 0 Å². The minimum atomic E-state index is -0.502. The van der Waals surface area contributed by atoms with E-state index in [2.05, 4.69) is 5.32 Å². The molecule has 0 aliphatic rings. The molecule has 0 saturated carbocycles. The maximum absolute atomic E-state index is 13.6. The number of carbonyl (C=O) groups is 1. The molecule has 1 rings (SSSR count). The van der Waals surface area contributed by atoms with Gasteiger partial charge in [-0.15, -0.1) is 0 Å². The lowest BCUT2D eigenvalue weighted by Crippen LogP contribution is -2.37. The lowest BCUT2D eigenvalue weighted by atomic mass is 10.2. The molecule has 0 atom stereocenters. The fourth-order valence-corrected chi connectivity index (χ4v) is 1.78. The Kier molecular flexibility index (Phi) is 6.29. The average molecular weight is 268 g/mol. The van der Waals surface area contributed by atoms with Crippen LogP contribution in [0.5, 0.6) is 5.75 Å². The van der Waals surface area contributed by atoms with Crippen LogP contribution in [-0.2, 0) is 11.3 Å². The SMILES string of the molecule is CCC(CC)NC(=O)COc1c(F)cccc1CN. The molecule has 0 aliphatic carbocycles. The van der Waals surface area contributed by atoms with Gasteiger partial charge in [0.2, 0.25) is 0 Å². The third-order valence-corrected chi connectivity index (χ3v) is 2.97. The number of carbonyl (C=O) groups excluding carboxylic acids is 1. The first-order valence-electron chi connectivity index (χ1n) is 6.51. The third kappa shape index (κ3) is 4.52. The Morgan fingerprint density at radius 3 is 2.68 bits per heavy atom. The fourth-order valence-electron chi connectivity index (χ4n) is 1.78. The highest BCUT2D eigenvalue weighted by Crippen LogP contribution is 2.21. The van der Waals surface area contributed by atoms with Gasteiger partial charge in [-0.1, -0.05) is 26.0 Å². The Bertz CT molecular complexity index is 420. The van der Waals surface area contributed by atoms with E-state index in [1.807, 2.05) is 13.8 Å². The van der Waals surface area contributed by atoms with E-state index in [4.69, 9.17) is 10.5 Å². The molecule has 0 aromatic heterocycles. The summed E-state index contributed by atoms with van der Waals surface area (Å²) in [6.45, 7) is 3.96. The predicted molar refractivity (Wildman–Crippen MR) is 72.3 cm³/mol. The molecule has 0 spiro atoms. The number of hydrogen-bond donors (Lipinski definition) is 2. The van der Waals surface area contributed by atoms with E-state index >= 15 is 0 Å². The van der Waals surface area contributed by atoms with Gasteiger partial charge in [0.25, 0.3) is 5.91 Å². The topological polar surface area (TPSA) is 64.3 Å². The summed E-state index contributed by atoms with van der Waals surface area (Å²) >= 11 is 0. The zero-order valence-electron chi connectivity index (χ0n) is 11.4. The number of rotatable bonds is 7. The lowest BCUT2D eigenvalue weighted by Gasteiger charge is -2.16. The van der Waals surface area contributed by atoms with Gasteiger partial charge in [0.1, 0.15) is 0 Å². The molecule has 0 heterocycles. The van der Waals surface area contributed by atoms with Crippen LogP contribution >= 0.6 is 0 Å². The number of halogens is 1. The minimum Gasteiger partial charge on any atom is -0.480 e. The summed E-state index contributed by atoms with van der Waals surface area (Å²) in [4.78, 5) is 11.7. The number of nitrogens with two attached hydrogens (primary N) is 1. The second-order valence-corrected chi connectivity index (χ2v) is 4.30. The molecule has 0 saturated heterocycles. The molecule has 0 radical (unpaired) electrons. The second-order valence-electron chi connectivity index (χ2n) is 4.30. The maximum Gasteiger partial charge on any atom is 0.258 e. The van der Waals surface area contributed by atoms with Crippen molar-refractivity contribution >= 4 is 5.91 Å². The number of nitrogens with one attached hydrogen (secondary N) is 1. The van der Waals surface area contributed by atoms with Gasteiger partial charge in [-0.2, -0.15) is 0 Å². The highest BCUT2D eigenvalue weighted by molar-refractivity contribution is 5.77. The average Bonchev–Trinajstić information content (AvgIpc) is 2.43. The van der Waals surface area contributed by atoms with Gasteiger partial charge in [-0.3, -0.25) is 4.79 Å². The van der Waals surface area contributed by atoms with Crippen LogP contribution in [0, 0.1) is 5.82 Å². The van der Waals surface area contributed by atoms with Crippen LogP contribution in [0.4, 0.5) is 4.39 Å². The summed E-state index contributed by atoms with van der Waals surface area (Å²) in [5, 5.41) is 2.83. The molecule has 0 aliphatic heterocycles. The highest BCUT2D eigenvalue weighted by Gasteiger charge is 2.12. The number of amides is 1. The Balaban J connectivity index is 2.59. The first-order valence-corrected chi connectivity index (χ1v) is 6.51. The summed E-state index contributed by atoms with van der Waals surface area (Å²) in [6, 6.07) is 4.66. The lowest BCUT2D eigenvalue weighted by molar-refractivity contribution is -0.123. The maximum atomic E-state index is 13.6. The molecule has 4 nitrogen and oxygen atoms in total. The van der Waals surface area contributed by atoms with Crippen LogP contribution in [0.3, 0.4) is 0 Å². The Morgan fingerprint density at radius 2 is 2.11 bits per heavy atom. The summed E-state index contributed by atoms with van der Waals surface area (Å²) in [5.41, 5.74) is 6.05. The Morgan fingerprint density at radius 1 is 1.42 bits per heavy atom. The first-order chi connectivity index (χ1) is 9.12. The van der Waals surface area contributed by atoms with E-state index in [9.17, 15) is 9.18 Å². The zero-order valence-corrected chi connectivity index (χ0v) is 11.4. The van der Waals surface area contributed by atoms with Crippen LogP contribution in [0.1, 0.15) is 32.3 Å². The van der Waals surface area contributed by atoms with E-state index in [1.165, 1.54) is 6.07 Å². The van der Waals surface area contributed by atoms with E-state index in [-0.39, 0.29) is 30.9 Å². The van der Waals surface area contributed by atoms with Gasteiger partial charge in [0, 0.05) is 18.2 Å². The monoisotopic (exact) mass is 268 g/mol. The van der Waals surface area contributed by atoms with Crippen molar-refractivity contribution in [1.29, 1.82) is 0 Å². The van der Waals surface area contributed by atoms with Crippen LogP contribution in [-0.4, -0.2) is 18.6 Å². The van der Waals surface area contributed by atoms with Crippen molar-refractivity contribution in [2.45, 2.75) is 39.3 Å². The second kappa shape index (κ2) is 7.74. The summed E-state index contributed by atoms with van der Waals surface area (Å²) in [6.07, 6.45) is 1.71. The van der Waals surface area contributed by atoms with Gasteiger partial charge < -0.3 is 15.8 Å². The zero-order chi connectivity index (χ0) is 14.3. The Hall–Kier alpha value is -1.62. The fraction of sp³-hybridized carbons (Fsp3) is 0.500. The van der Waals surface area contributed by atoms with Crippen molar-refractivity contribution in [3.63, 3.8) is 0 Å². The van der Waals surface area contributed by atoms with Gasteiger partial charge in [-0.25, -0.2) is 4.39 Å². The molecular formula is C14H21FN2O2. The van der Waals surface area contributed by atoms with Crippen molar-refractivity contribution in [3.8, 4) is 5.75 Å². The van der Waals surface area contributed by atoms with Crippen molar-refractivity contribution < 1.29 is 13.9 Å². The molecule has 0 unspecified atom stereocenters. The van der Waals surface area contributed by atoms with Gasteiger partial charge in [-0.05, 0) is 18.9 Å². The summed E-state index contributed by atoms with van der Waals surface area (Å²) in [7, 11) is 0. The van der Waals surface area contributed by atoms with E-state index in [0.29, 0.717) is 5.56 Å². The Labute approximate surface area is 113 Å². The van der Waals surface area contributed by atoms with E-state index in [1.54, 1.807) is 12.1 Å². The molecule has 106 valence electrons. The molecule has 0 bridgehead atoms. The van der Waals surface area contributed by atoms with Gasteiger partial charge >= 0.3 is 0 Å². The van der Waals surface area contributed by atoms with Crippen molar-refractivity contribution in [1.82, 2.24) is 5.32 Å². The molecule has 3 N–H and O–H groups in total. The molecule has 1 aromatic rings. The number of benzene rings is 1. The van der Waals surface area contributed by atoms with Crippen molar-refractivity contribution in [2.24, 2.45) is 5.73 Å². The van der Waals surface area contributed by atoms with E-state index < -0.39 is 5.82 Å². The molecule has 1 aromatic carbocycles. The smallest absolute Gasteiger partial charge is 0.258 e. The van der Waals surface area contributed by atoms with Crippen molar-refractivity contribution in [2.75, 3.05) is 6.61 Å². The minimum absolute atomic E-state index is 0.0599. The molecule has 0 fully saturated rings. The van der Waals surface area contributed by atoms with Crippen molar-refractivity contribution in [3.05, 3.63) is 29.6 Å². The van der Waals surface area contributed by atoms with Gasteiger partial charge in [0.05, 0.1) is 0 Å².